The lowest BCUT2D eigenvalue weighted by atomic mass is 9.79. The number of hydrogen-bond acceptors (Lipinski definition) is 5. The Morgan fingerprint density at radius 2 is 1.90 bits per heavy atom. The Kier molecular flexibility index (Phi) is 6.59. The first-order valence-electron chi connectivity index (χ1n) is 11.4. The molecule has 1 aliphatic heterocycles. The summed E-state index contributed by atoms with van der Waals surface area (Å²) in [5.74, 6) is 1.95. The largest absolute Gasteiger partial charge is 0.354 e. The maximum atomic E-state index is 12.3. The molecule has 7 nitrogen and oxygen atoms in total. The lowest BCUT2D eigenvalue weighted by molar-refractivity contribution is -0.125. The summed E-state index contributed by atoms with van der Waals surface area (Å²) in [5.41, 5.74) is 3.34. The average Bonchev–Trinajstić information content (AvgIpc) is 3.24. The Balaban J connectivity index is 1.40. The van der Waals surface area contributed by atoms with Crippen molar-refractivity contribution in [1.29, 1.82) is 0 Å². The van der Waals surface area contributed by atoms with Gasteiger partial charge in [-0.1, -0.05) is 13.8 Å². The van der Waals surface area contributed by atoms with Crippen molar-refractivity contribution in [2.75, 3.05) is 6.54 Å². The van der Waals surface area contributed by atoms with Crippen molar-refractivity contribution in [3.8, 4) is 11.1 Å². The van der Waals surface area contributed by atoms with Gasteiger partial charge in [0.1, 0.15) is 11.9 Å². The summed E-state index contributed by atoms with van der Waals surface area (Å²) in [6.07, 6.45) is 10.8. The molecule has 1 atom stereocenters. The first-order chi connectivity index (χ1) is 15.0. The number of carbonyl (C=O) groups is 2. The molecule has 0 aromatic carbocycles. The molecule has 164 valence electrons. The summed E-state index contributed by atoms with van der Waals surface area (Å²) in [5, 5.41) is 5.78. The summed E-state index contributed by atoms with van der Waals surface area (Å²) >= 11 is 0. The average molecular weight is 422 g/mol. The molecule has 2 aromatic rings. The highest BCUT2D eigenvalue weighted by atomic mass is 16.2. The van der Waals surface area contributed by atoms with Crippen molar-refractivity contribution in [1.82, 2.24) is 25.6 Å². The van der Waals surface area contributed by atoms with Gasteiger partial charge in [-0.3, -0.25) is 14.6 Å². The van der Waals surface area contributed by atoms with E-state index in [0.717, 1.165) is 48.3 Å². The maximum absolute atomic E-state index is 12.3. The molecule has 0 radical (unpaired) electrons. The molecule has 2 aliphatic rings. The molecule has 7 heteroatoms. The zero-order valence-electron chi connectivity index (χ0n) is 18.3. The van der Waals surface area contributed by atoms with Crippen molar-refractivity contribution in [2.45, 2.75) is 70.3 Å². The molecule has 2 fully saturated rings. The highest BCUT2D eigenvalue weighted by Gasteiger charge is 2.29. The predicted molar refractivity (Wildman–Crippen MR) is 118 cm³/mol. The van der Waals surface area contributed by atoms with Crippen molar-refractivity contribution < 1.29 is 9.59 Å². The Bertz CT molecular complexity index is 923. The lowest BCUT2D eigenvalue weighted by Crippen LogP contribution is -2.43. The van der Waals surface area contributed by atoms with Gasteiger partial charge in [-0.25, -0.2) is 9.97 Å². The van der Waals surface area contributed by atoms with Gasteiger partial charge < -0.3 is 10.6 Å². The minimum absolute atomic E-state index is 0.0312. The number of nitrogens with zero attached hydrogens (tertiary/aromatic N) is 3. The van der Waals surface area contributed by atoms with Crippen LogP contribution < -0.4 is 10.6 Å². The van der Waals surface area contributed by atoms with E-state index in [4.69, 9.17) is 4.98 Å². The van der Waals surface area contributed by atoms with Crippen molar-refractivity contribution in [2.24, 2.45) is 5.92 Å². The van der Waals surface area contributed by atoms with Crippen molar-refractivity contribution >= 4 is 11.8 Å². The van der Waals surface area contributed by atoms with Crippen molar-refractivity contribution in [3.05, 3.63) is 42.2 Å². The quantitative estimate of drug-likeness (QED) is 0.746. The van der Waals surface area contributed by atoms with Gasteiger partial charge in [-0.15, -0.1) is 0 Å². The van der Waals surface area contributed by atoms with Crippen LogP contribution in [0.2, 0.25) is 0 Å². The van der Waals surface area contributed by atoms with Crippen LogP contribution in [-0.2, 0) is 9.59 Å². The lowest BCUT2D eigenvalue weighted by Gasteiger charge is -2.30. The van der Waals surface area contributed by atoms with Crippen LogP contribution in [0.4, 0.5) is 0 Å². The summed E-state index contributed by atoms with van der Waals surface area (Å²) in [6, 6.07) is 3.67. The first kappa shape index (κ1) is 21.4. The van der Waals surface area contributed by atoms with E-state index in [-0.39, 0.29) is 23.8 Å². The van der Waals surface area contributed by atoms with Crippen LogP contribution in [0.1, 0.15) is 75.7 Å². The summed E-state index contributed by atoms with van der Waals surface area (Å²) in [4.78, 5) is 37.3. The molecular weight excluding hydrogens is 390 g/mol. The van der Waals surface area contributed by atoms with E-state index in [1.807, 2.05) is 30.7 Å². The minimum atomic E-state index is -0.359. The fourth-order valence-corrected chi connectivity index (χ4v) is 4.57. The Labute approximate surface area is 183 Å². The molecule has 2 amide bonds. The maximum Gasteiger partial charge on any atom is 0.242 e. The Hall–Kier alpha value is -2.83. The van der Waals surface area contributed by atoms with Gasteiger partial charge >= 0.3 is 0 Å². The monoisotopic (exact) mass is 421 g/mol. The predicted octanol–water partition coefficient (Wildman–Crippen LogP) is 3.33. The Morgan fingerprint density at radius 3 is 2.55 bits per heavy atom. The number of carbonyl (C=O) groups excluding carboxylic acids is 2. The van der Waals surface area contributed by atoms with E-state index in [1.54, 1.807) is 0 Å². The van der Waals surface area contributed by atoms with Crippen LogP contribution in [0, 0.1) is 5.92 Å². The molecule has 0 unspecified atom stereocenters. The van der Waals surface area contributed by atoms with Gasteiger partial charge in [0.25, 0.3) is 0 Å². The summed E-state index contributed by atoms with van der Waals surface area (Å²) in [7, 11) is 0. The minimum Gasteiger partial charge on any atom is -0.354 e. The number of aromatic nitrogens is 3. The zero-order chi connectivity index (χ0) is 21.8. The second-order valence-corrected chi connectivity index (χ2v) is 9.04. The SMILES string of the molecule is CC(C)c1ncc(-c2ccncc2)c(C2CCC(CNC(=O)[C@@H]3CCC(=O)N3)CC2)n1. The normalized spacial score (nSPS) is 23.6. The molecule has 31 heavy (non-hydrogen) atoms. The fraction of sp³-hybridized carbons (Fsp3) is 0.542. The molecule has 0 bridgehead atoms. The van der Waals surface area contributed by atoms with Gasteiger partial charge in [0.05, 0.1) is 5.69 Å². The van der Waals surface area contributed by atoms with Crippen LogP contribution in [0.5, 0.6) is 0 Å². The molecule has 4 rings (SSSR count). The molecule has 1 aliphatic carbocycles. The van der Waals surface area contributed by atoms with Gasteiger partial charge in [0, 0.05) is 49.0 Å². The highest BCUT2D eigenvalue weighted by Crippen LogP contribution is 2.39. The number of amides is 2. The third-order valence-corrected chi connectivity index (χ3v) is 6.45. The van der Waals surface area contributed by atoms with Gasteiger partial charge in [0.2, 0.25) is 11.8 Å². The van der Waals surface area contributed by atoms with E-state index in [0.29, 0.717) is 31.2 Å². The summed E-state index contributed by atoms with van der Waals surface area (Å²) in [6.45, 7) is 4.92. The van der Waals surface area contributed by atoms with Gasteiger partial charge in [-0.05, 0) is 55.7 Å². The van der Waals surface area contributed by atoms with Crippen LogP contribution in [0.3, 0.4) is 0 Å². The van der Waals surface area contributed by atoms with Gasteiger partial charge in [-0.2, -0.15) is 0 Å². The van der Waals surface area contributed by atoms with E-state index >= 15 is 0 Å². The fourth-order valence-electron chi connectivity index (χ4n) is 4.57. The van der Waals surface area contributed by atoms with Gasteiger partial charge in [0.15, 0.2) is 0 Å². The van der Waals surface area contributed by atoms with E-state index in [9.17, 15) is 9.59 Å². The standard InChI is InChI=1S/C24H31N5O2/c1-15(2)23-26-14-19(17-9-11-25-12-10-17)22(29-23)18-5-3-16(4-6-18)13-27-24(31)20-7-8-21(30)28-20/h9-12,14-16,18,20H,3-8,13H2,1-2H3,(H,27,31)(H,28,30)/t16?,18?,20-/m0/s1. The van der Waals surface area contributed by atoms with E-state index in [2.05, 4.69) is 34.4 Å². The third kappa shape index (κ3) is 5.09. The second kappa shape index (κ2) is 9.54. The zero-order valence-corrected chi connectivity index (χ0v) is 18.3. The summed E-state index contributed by atoms with van der Waals surface area (Å²) < 4.78 is 0. The van der Waals surface area contributed by atoms with Crippen LogP contribution in [-0.4, -0.2) is 39.4 Å². The number of pyridine rings is 1. The van der Waals surface area contributed by atoms with E-state index < -0.39 is 0 Å². The molecular formula is C24H31N5O2. The second-order valence-electron chi connectivity index (χ2n) is 9.04. The van der Waals surface area contributed by atoms with Crippen LogP contribution >= 0.6 is 0 Å². The first-order valence-corrected chi connectivity index (χ1v) is 11.4. The van der Waals surface area contributed by atoms with Crippen LogP contribution in [0.15, 0.2) is 30.7 Å². The number of rotatable bonds is 6. The number of hydrogen-bond donors (Lipinski definition) is 2. The van der Waals surface area contributed by atoms with Crippen molar-refractivity contribution in [3.63, 3.8) is 0 Å². The van der Waals surface area contributed by atoms with E-state index in [1.165, 1.54) is 0 Å². The smallest absolute Gasteiger partial charge is 0.242 e. The van der Waals surface area contributed by atoms with Crippen LogP contribution in [0.25, 0.3) is 11.1 Å². The Morgan fingerprint density at radius 1 is 1.16 bits per heavy atom. The molecule has 1 saturated heterocycles. The molecule has 2 N–H and O–H groups in total. The molecule has 3 heterocycles. The molecule has 2 aromatic heterocycles. The molecule has 0 spiro atoms. The topological polar surface area (TPSA) is 96.9 Å². The highest BCUT2D eigenvalue weighted by molar-refractivity contribution is 5.90. The third-order valence-electron chi connectivity index (χ3n) is 6.45. The number of nitrogens with one attached hydrogen (secondary N) is 2. The molecule has 1 saturated carbocycles.